The molecule has 0 aromatic heterocycles. The summed E-state index contributed by atoms with van der Waals surface area (Å²) in [6, 6.07) is 2.34. The molecule has 1 heterocycles. The van der Waals surface area contributed by atoms with E-state index in [0.717, 1.165) is 45.3 Å². The largest absolute Gasteiger partial charge is 0.494 e. The molecule has 1 aromatic carbocycles. The molecule has 0 radical (unpaired) electrons. The molecule has 5 heteroatoms. The third kappa shape index (κ3) is 3.88. The summed E-state index contributed by atoms with van der Waals surface area (Å²) in [6.45, 7) is 4.23. The molecule has 0 amide bonds. The molecule has 1 aromatic rings. The van der Waals surface area contributed by atoms with Gasteiger partial charge in [0, 0.05) is 19.2 Å². The predicted octanol–water partition coefficient (Wildman–Crippen LogP) is 2.24. The van der Waals surface area contributed by atoms with Crippen LogP contribution in [0.5, 0.6) is 5.75 Å². The third-order valence-electron chi connectivity index (χ3n) is 3.35. The highest BCUT2D eigenvalue weighted by molar-refractivity contribution is 5.30. The van der Waals surface area contributed by atoms with Gasteiger partial charge in [-0.05, 0) is 31.0 Å². The maximum atomic E-state index is 13.7. The first-order valence-electron chi connectivity index (χ1n) is 6.52. The fraction of sp³-hybridized carbons (Fsp3) is 0.571. The van der Waals surface area contributed by atoms with Crippen LogP contribution < -0.4 is 4.74 Å². The topological polar surface area (TPSA) is 21.7 Å². The number of halogens is 2. The first-order chi connectivity index (χ1) is 9.20. The molecule has 106 valence electrons. The lowest BCUT2D eigenvalue weighted by atomic mass is 10.1. The number of benzene rings is 1. The fourth-order valence-electron chi connectivity index (χ4n) is 2.24. The van der Waals surface area contributed by atoms with E-state index in [1.807, 2.05) is 0 Å². The van der Waals surface area contributed by atoms with E-state index in [2.05, 4.69) is 4.90 Å². The molecule has 0 saturated carbocycles. The standard InChI is InChI=1S/C14H19F2NO2/c1-18-14-10-12(15)11(9-13(14)16)3-2-4-17-5-7-19-8-6-17/h9-10H,2-8H2,1H3. The zero-order valence-electron chi connectivity index (χ0n) is 11.1. The van der Waals surface area contributed by atoms with Crippen molar-refractivity contribution in [1.29, 1.82) is 0 Å². The Hall–Kier alpha value is -1.20. The summed E-state index contributed by atoms with van der Waals surface area (Å²) in [5.41, 5.74) is 0.409. The van der Waals surface area contributed by atoms with Crippen molar-refractivity contribution in [3.8, 4) is 5.75 Å². The van der Waals surface area contributed by atoms with Gasteiger partial charge in [0.1, 0.15) is 5.82 Å². The Balaban J connectivity index is 1.86. The molecule has 1 saturated heterocycles. The molecule has 0 atom stereocenters. The van der Waals surface area contributed by atoms with E-state index in [1.54, 1.807) is 0 Å². The summed E-state index contributed by atoms with van der Waals surface area (Å²) in [4.78, 5) is 2.28. The van der Waals surface area contributed by atoms with E-state index in [0.29, 0.717) is 12.0 Å². The number of morpholine rings is 1. The molecule has 0 unspecified atom stereocenters. The van der Waals surface area contributed by atoms with Crippen molar-refractivity contribution in [2.75, 3.05) is 40.0 Å². The Morgan fingerprint density at radius 3 is 2.63 bits per heavy atom. The minimum absolute atomic E-state index is 0.0468. The predicted molar refractivity (Wildman–Crippen MR) is 68.5 cm³/mol. The van der Waals surface area contributed by atoms with Crippen LogP contribution in [0.15, 0.2) is 12.1 Å². The summed E-state index contributed by atoms with van der Waals surface area (Å²) >= 11 is 0. The molecule has 1 aliphatic heterocycles. The van der Waals surface area contributed by atoms with Gasteiger partial charge in [0.05, 0.1) is 20.3 Å². The fourth-order valence-corrected chi connectivity index (χ4v) is 2.24. The van der Waals surface area contributed by atoms with Gasteiger partial charge < -0.3 is 9.47 Å². The number of methoxy groups -OCH3 is 1. The zero-order valence-corrected chi connectivity index (χ0v) is 11.1. The Bertz CT molecular complexity index is 420. The van der Waals surface area contributed by atoms with Crippen LogP contribution in [-0.2, 0) is 11.2 Å². The molecular formula is C14H19F2NO2. The number of hydrogen-bond acceptors (Lipinski definition) is 3. The van der Waals surface area contributed by atoms with E-state index in [1.165, 1.54) is 13.2 Å². The summed E-state index contributed by atoms with van der Waals surface area (Å²) < 4.78 is 37.2. The van der Waals surface area contributed by atoms with Crippen LogP contribution in [0.3, 0.4) is 0 Å². The second kappa shape index (κ2) is 6.82. The Morgan fingerprint density at radius 1 is 1.21 bits per heavy atom. The summed E-state index contributed by atoms with van der Waals surface area (Å²) in [6.07, 6.45) is 1.34. The van der Waals surface area contributed by atoms with Crippen LogP contribution in [0.4, 0.5) is 8.78 Å². The molecule has 0 spiro atoms. The van der Waals surface area contributed by atoms with Gasteiger partial charge in [-0.2, -0.15) is 0 Å². The van der Waals surface area contributed by atoms with Crippen molar-refractivity contribution in [3.63, 3.8) is 0 Å². The van der Waals surface area contributed by atoms with Crippen molar-refractivity contribution in [1.82, 2.24) is 4.90 Å². The number of nitrogens with zero attached hydrogens (tertiary/aromatic N) is 1. The Morgan fingerprint density at radius 2 is 1.95 bits per heavy atom. The highest BCUT2D eigenvalue weighted by atomic mass is 19.1. The molecular weight excluding hydrogens is 252 g/mol. The molecule has 0 N–H and O–H groups in total. The molecule has 0 aliphatic carbocycles. The van der Waals surface area contributed by atoms with E-state index < -0.39 is 11.6 Å². The monoisotopic (exact) mass is 271 g/mol. The lowest BCUT2D eigenvalue weighted by Crippen LogP contribution is -2.36. The van der Waals surface area contributed by atoms with Crippen molar-refractivity contribution in [2.45, 2.75) is 12.8 Å². The summed E-state index contributed by atoms with van der Waals surface area (Å²) in [5.74, 6) is -0.958. The van der Waals surface area contributed by atoms with Gasteiger partial charge in [-0.3, -0.25) is 4.90 Å². The SMILES string of the molecule is COc1cc(F)c(CCCN2CCOCC2)cc1F. The maximum Gasteiger partial charge on any atom is 0.165 e. The van der Waals surface area contributed by atoms with Gasteiger partial charge in [0.2, 0.25) is 0 Å². The summed E-state index contributed by atoms with van der Waals surface area (Å²) in [7, 11) is 1.33. The lowest BCUT2D eigenvalue weighted by molar-refractivity contribution is 0.0374. The van der Waals surface area contributed by atoms with Crippen LogP contribution >= 0.6 is 0 Å². The van der Waals surface area contributed by atoms with Crippen molar-refractivity contribution >= 4 is 0 Å². The average Bonchev–Trinajstić information content (AvgIpc) is 2.43. The highest BCUT2D eigenvalue weighted by Gasteiger charge is 2.12. The zero-order chi connectivity index (χ0) is 13.7. The van der Waals surface area contributed by atoms with E-state index in [9.17, 15) is 8.78 Å². The lowest BCUT2D eigenvalue weighted by Gasteiger charge is -2.26. The molecule has 0 bridgehead atoms. The number of ether oxygens (including phenoxy) is 2. The number of aryl methyl sites for hydroxylation is 1. The van der Waals surface area contributed by atoms with Crippen molar-refractivity contribution in [2.24, 2.45) is 0 Å². The van der Waals surface area contributed by atoms with Crippen LogP contribution in [0.2, 0.25) is 0 Å². The van der Waals surface area contributed by atoms with Crippen LogP contribution in [0, 0.1) is 11.6 Å². The van der Waals surface area contributed by atoms with Gasteiger partial charge in [-0.25, -0.2) is 8.78 Å². The van der Waals surface area contributed by atoms with E-state index in [4.69, 9.17) is 9.47 Å². The number of hydrogen-bond donors (Lipinski definition) is 0. The molecule has 1 fully saturated rings. The van der Waals surface area contributed by atoms with Crippen molar-refractivity contribution in [3.05, 3.63) is 29.3 Å². The maximum absolute atomic E-state index is 13.7. The van der Waals surface area contributed by atoms with E-state index in [-0.39, 0.29) is 5.75 Å². The minimum atomic E-state index is -0.509. The minimum Gasteiger partial charge on any atom is -0.494 e. The molecule has 1 aliphatic rings. The molecule has 19 heavy (non-hydrogen) atoms. The Kier molecular flexibility index (Phi) is 5.10. The smallest absolute Gasteiger partial charge is 0.165 e. The van der Waals surface area contributed by atoms with Gasteiger partial charge in [0.25, 0.3) is 0 Å². The van der Waals surface area contributed by atoms with E-state index >= 15 is 0 Å². The van der Waals surface area contributed by atoms with Gasteiger partial charge >= 0.3 is 0 Å². The Labute approximate surface area is 112 Å². The first-order valence-corrected chi connectivity index (χ1v) is 6.52. The third-order valence-corrected chi connectivity index (χ3v) is 3.35. The first kappa shape index (κ1) is 14.2. The van der Waals surface area contributed by atoms with Crippen LogP contribution in [0.25, 0.3) is 0 Å². The van der Waals surface area contributed by atoms with Crippen LogP contribution in [-0.4, -0.2) is 44.9 Å². The second-order valence-electron chi connectivity index (χ2n) is 4.64. The van der Waals surface area contributed by atoms with Gasteiger partial charge in [-0.15, -0.1) is 0 Å². The highest BCUT2D eigenvalue weighted by Crippen LogP contribution is 2.22. The average molecular weight is 271 g/mol. The molecule has 2 rings (SSSR count). The second-order valence-corrected chi connectivity index (χ2v) is 4.64. The van der Waals surface area contributed by atoms with Crippen molar-refractivity contribution < 1.29 is 18.3 Å². The van der Waals surface area contributed by atoms with Crippen LogP contribution in [0.1, 0.15) is 12.0 Å². The van der Waals surface area contributed by atoms with Gasteiger partial charge in [0.15, 0.2) is 11.6 Å². The quantitative estimate of drug-likeness (QED) is 0.820. The number of rotatable bonds is 5. The van der Waals surface area contributed by atoms with Gasteiger partial charge in [-0.1, -0.05) is 0 Å². The normalized spacial score (nSPS) is 16.6. The summed E-state index contributed by atoms with van der Waals surface area (Å²) in [5, 5.41) is 0. The molecule has 3 nitrogen and oxygen atoms in total.